The van der Waals surface area contributed by atoms with Gasteiger partial charge in [-0.2, -0.15) is 0 Å². The first-order chi connectivity index (χ1) is 13.7. The molecule has 2 aromatic rings. The number of para-hydroxylation sites is 1. The van der Waals surface area contributed by atoms with Crippen molar-refractivity contribution in [1.82, 2.24) is 5.32 Å². The van der Waals surface area contributed by atoms with Crippen LogP contribution >= 0.6 is 0 Å². The molecule has 2 aliphatic rings. The first-order valence-electron chi connectivity index (χ1n) is 9.40. The first kappa shape index (κ1) is 18.2. The third-order valence-electron chi connectivity index (χ3n) is 4.89. The van der Waals surface area contributed by atoms with E-state index in [4.69, 9.17) is 14.2 Å². The number of anilines is 1. The summed E-state index contributed by atoms with van der Waals surface area (Å²) in [6.45, 7) is 0.174. The molecule has 0 saturated heterocycles. The largest absolute Gasteiger partial charge is 0.454 e. The third kappa shape index (κ3) is 4.36. The van der Waals surface area contributed by atoms with Gasteiger partial charge in [-0.15, -0.1) is 0 Å². The summed E-state index contributed by atoms with van der Waals surface area (Å²) in [6.07, 6.45) is 2.43. The normalized spacial score (nSPS) is 20.3. The molecule has 1 aliphatic heterocycles. The van der Waals surface area contributed by atoms with Crippen LogP contribution in [0.3, 0.4) is 0 Å². The highest BCUT2D eigenvalue weighted by Crippen LogP contribution is 2.32. The van der Waals surface area contributed by atoms with E-state index in [1.165, 1.54) is 0 Å². The topological polar surface area (TPSA) is 85.9 Å². The van der Waals surface area contributed by atoms with Crippen molar-refractivity contribution in [3.8, 4) is 11.5 Å². The van der Waals surface area contributed by atoms with E-state index in [1.54, 1.807) is 30.3 Å². The SMILES string of the molecule is O=C(Nc1ccccc1)O[C@@H]1CCC[C@H](NC(=O)c2ccc3c(c2)OCO3)C1. The van der Waals surface area contributed by atoms with Crippen LogP contribution in [0.15, 0.2) is 48.5 Å². The van der Waals surface area contributed by atoms with Crippen molar-refractivity contribution >= 4 is 17.7 Å². The Labute approximate surface area is 163 Å². The Hall–Kier alpha value is -3.22. The van der Waals surface area contributed by atoms with E-state index in [-0.39, 0.29) is 24.8 Å². The summed E-state index contributed by atoms with van der Waals surface area (Å²) in [5.41, 5.74) is 1.21. The van der Waals surface area contributed by atoms with Crippen LogP contribution in [0.2, 0.25) is 0 Å². The standard InChI is InChI=1S/C21H22N2O5/c24-20(14-9-10-18-19(11-14)27-13-26-18)22-16-7-4-8-17(12-16)28-21(25)23-15-5-2-1-3-6-15/h1-3,5-6,9-11,16-17H,4,7-8,12-13H2,(H,22,24)(H,23,25)/t16-,17+/m0/s1. The van der Waals surface area contributed by atoms with Crippen molar-refractivity contribution in [3.05, 3.63) is 54.1 Å². The summed E-state index contributed by atoms with van der Waals surface area (Å²) in [5, 5.41) is 5.75. The van der Waals surface area contributed by atoms with Gasteiger partial charge in [0.25, 0.3) is 5.91 Å². The summed E-state index contributed by atoms with van der Waals surface area (Å²) in [7, 11) is 0. The lowest BCUT2D eigenvalue weighted by atomic mass is 9.92. The minimum atomic E-state index is -0.473. The number of fused-ring (bicyclic) bond motifs is 1. The molecule has 4 rings (SSSR count). The van der Waals surface area contributed by atoms with Crippen LogP contribution in [0.25, 0.3) is 0 Å². The van der Waals surface area contributed by atoms with Crippen LogP contribution in [0.1, 0.15) is 36.0 Å². The van der Waals surface area contributed by atoms with E-state index < -0.39 is 6.09 Å². The quantitative estimate of drug-likeness (QED) is 0.842. The van der Waals surface area contributed by atoms with Crippen molar-refractivity contribution < 1.29 is 23.8 Å². The maximum absolute atomic E-state index is 12.6. The fourth-order valence-electron chi connectivity index (χ4n) is 3.51. The number of carbonyl (C=O) groups is 2. The Morgan fingerprint density at radius 2 is 1.82 bits per heavy atom. The zero-order valence-electron chi connectivity index (χ0n) is 15.4. The lowest BCUT2D eigenvalue weighted by molar-refractivity contribution is 0.0712. The Bertz CT molecular complexity index is 855. The molecule has 1 aliphatic carbocycles. The lowest BCUT2D eigenvalue weighted by Gasteiger charge is -2.29. The van der Waals surface area contributed by atoms with Crippen LogP contribution < -0.4 is 20.1 Å². The zero-order chi connectivity index (χ0) is 19.3. The molecule has 0 unspecified atom stereocenters. The van der Waals surface area contributed by atoms with E-state index in [2.05, 4.69) is 10.6 Å². The van der Waals surface area contributed by atoms with Gasteiger partial charge in [-0.1, -0.05) is 18.2 Å². The van der Waals surface area contributed by atoms with Gasteiger partial charge in [-0.05, 0) is 49.6 Å². The number of benzene rings is 2. The fourth-order valence-corrected chi connectivity index (χ4v) is 3.51. The monoisotopic (exact) mass is 382 g/mol. The van der Waals surface area contributed by atoms with Gasteiger partial charge in [0, 0.05) is 23.7 Å². The van der Waals surface area contributed by atoms with Crippen molar-refractivity contribution in [2.75, 3.05) is 12.1 Å². The molecule has 0 radical (unpaired) electrons. The van der Waals surface area contributed by atoms with E-state index >= 15 is 0 Å². The maximum Gasteiger partial charge on any atom is 0.411 e. The predicted octanol–water partition coefficient (Wildman–Crippen LogP) is 3.71. The zero-order valence-corrected chi connectivity index (χ0v) is 15.4. The van der Waals surface area contributed by atoms with Crippen LogP contribution in [0.4, 0.5) is 10.5 Å². The summed E-state index contributed by atoms with van der Waals surface area (Å²) in [4.78, 5) is 24.6. The van der Waals surface area contributed by atoms with Gasteiger partial charge in [0.1, 0.15) is 6.10 Å². The number of hydrogen-bond donors (Lipinski definition) is 2. The highest BCUT2D eigenvalue weighted by molar-refractivity contribution is 5.95. The second-order valence-corrected chi connectivity index (χ2v) is 6.92. The molecule has 7 heteroatoms. The molecule has 2 aromatic carbocycles. The van der Waals surface area contributed by atoms with Gasteiger partial charge in [-0.25, -0.2) is 4.79 Å². The fraction of sp³-hybridized carbons (Fsp3) is 0.333. The average Bonchev–Trinajstić information content (AvgIpc) is 3.16. The van der Waals surface area contributed by atoms with Crippen molar-refractivity contribution in [2.24, 2.45) is 0 Å². The Kier molecular flexibility index (Phi) is 5.32. The van der Waals surface area contributed by atoms with Gasteiger partial charge < -0.3 is 19.5 Å². The summed E-state index contributed by atoms with van der Waals surface area (Å²) >= 11 is 0. The highest BCUT2D eigenvalue weighted by Gasteiger charge is 2.27. The van der Waals surface area contributed by atoms with Gasteiger partial charge in [-0.3, -0.25) is 10.1 Å². The molecule has 0 aromatic heterocycles. The molecular weight excluding hydrogens is 360 g/mol. The van der Waals surface area contributed by atoms with Crippen molar-refractivity contribution in [2.45, 2.75) is 37.8 Å². The molecule has 0 bridgehead atoms. The van der Waals surface area contributed by atoms with E-state index in [9.17, 15) is 9.59 Å². The Morgan fingerprint density at radius 3 is 2.68 bits per heavy atom. The first-order valence-corrected chi connectivity index (χ1v) is 9.40. The molecule has 2 amide bonds. The number of carbonyl (C=O) groups excluding carboxylic acids is 2. The van der Waals surface area contributed by atoms with Crippen LogP contribution in [0.5, 0.6) is 11.5 Å². The van der Waals surface area contributed by atoms with Gasteiger partial charge in [0.15, 0.2) is 11.5 Å². The minimum absolute atomic E-state index is 0.0406. The van der Waals surface area contributed by atoms with Crippen molar-refractivity contribution in [1.29, 1.82) is 0 Å². The van der Waals surface area contributed by atoms with Gasteiger partial charge in [0.2, 0.25) is 6.79 Å². The van der Waals surface area contributed by atoms with Crippen LogP contribution in [-0.2, 0) is 4.74 Å². The number of hydrogen-bond acceptors (Lipinski definition) is 5. The minimum Gasteiger partial charge on any atom is -0.454 e. The lowest BCUT2D eigenvalue weighted by Crippen LogP contribution is -2.41. The predicted molar refractivity (Wildman–Crippen MR) is 103 cm³/mol. The van der Waals surface area contributed by atoms with Crippen LogP contribution in [0, 0.1) is 0 Å². The maximum atomic E-state index is 12.6. The molecule has 1 heterocycles. The average molecular weight is 382 g/mol. The molecule has 2 N–H and O–H groups in total. The highest BCUT2D eigenvalue weighted by atomic mass is 16.7. The molecule has 2 atom stereocenters. The van der Waals surface area contributed by atoms with Crippen molar-refractivity contribution in [3.63, 3.8) is 0 Å². The molecular formula is C21H22N2O5. The molecule has 146 valence electrons. The second kappa shape index (κ2) is 8.21. The second-order valence-electron chi connectivity index (χ2n) is 6.92. The Balaban J connectivity index is 1.30. The Morgan fingerprint density at radius 1 is 1.00 bits per heavy atom. The molecule has 28 heavy (non-hydrogen) atoms. The number of nitrogens with one attached hydrogen (secondary N) is 2. The van der Waals surface area contributed by atoms with Gasteiger partial charge in [0.05, 0.1) is 0 Å². The van der Waals surface area contributed by atoms with E-state index in [0.717, 1.165) is 19.3 Å². The van der Waals surface area contributed by atoms with Crippen LogP contribution in [-0.4, -0.2) is 30.9 Å². The van der Waals surface area contributed by atoms with E-state index in [1.807, 2.05) is 18.2 Å². The molecule has 1 saturated carbocycles. The summed E-state index contributed by atoms with van der Waals surface area (Å²) < 4.78 is 16.1. The van der Waals surface area contributed by atoms with E-state index in [0.29, 0.717) is 29.2 Å². The third-order valence-corrected chi connectivity index (χ3v) is 4.89. The smallest absolute Gasteiger partial charge is 0.411 e. The molecule has 7 nitrogen and oxygen atoms in total. The summed E-state index contributed by atoms with van der Waals surface area (Å²) in [5.74, 6) is 1.06. The molecule has 1 fully saturated rings. The molecule has 0 spiro atoms. The number of amides is 2. The van der Waals surface area contributed by atoms with Gasteiger partial charge >= 0.3 is 6.09 Å². The number of rotatable bonds is 4. The number of ether oxygens (including phenoxy) is 3. The summed E-state index contributed by atoms with van der Waals surface area (Å²) in [6, 6.07) is 14.3.